The first-order chi connectivity index (χ1) is 2.81. The Labute approximate surface area is 52.2 Å². The molecule has 38 valence electrons. The standard InChI is InChI=1S/C4H9IO/c1-3-4(5)6-2/h4H,3H2,1-2H3/t4-/m0/s1. The molecule has 2 heteroatoms. The van der Waals surface area contributed by atoms with E-state index in [1.54, 1.807) is 7.11 Å². The molecule has 6 heavy (non-hydrogen) atoms. The first-order valence-corrected chi connectivity index (χ1v) is 3.22. The maximum Gasteiger partial charge on any atom is 0.108 e. The molecular formula is C4H9IO. The van der Waals surface area contributed by atoms with E-state index in [2.05, 4.69) is 29.5 Å². The fraction of sp³-hybridized carbons (Fsp3) is 1.00. The van der Waals surface area contributed by atoms with Crippen molar-refractivity contribution in [2.45, 2.75) is 17.5 Å². The molecule has 0 radical (unpaired) electrons. The third-order valence-corrected chi connectivity index (χ3v) is 1.97. The molecule has 0 rings (SSSR count). The average molecular weight is 200 g/mol. The van der Waals surface area contributed by atoms with Crippen molar-refractivity contribution in [3.8, 4) is 0 Å². The minimum Gasteiger partial charge on any atom is -0.371 e. The number of ether oxygens (including phenoxy) is 1. The second-order valence-electron chi connectivity index (χ2n) is 1.05. The van der Waals surface area contributed by atoms with Gasteiger partial charge in [0.2, 0.25) is 0 Å². The topological polar surface area (TPSA) is 9.23 Å². The fourth-order valence-corrected chi connectivity index (χ4v) is 0.167. The number of alkyl halides is 1. The number of halogens is 1. The lowest BCUT2D eigenvalue weighted by atomic mass is 10.5. The van der Waals surface area contributed by atoms with E-state index < -0.39 is 0 Å². The predicted octanol–water partition coefficient (Wildman–Crippen LogP) is 1.80. The third-order valence-electron chi connectivity index (χ3n) is 0.577. The van der Waals surface area contributed by atoms with Crippen LogP contribution in [-0.2, 0) is 4.74 Å². The highest BCUT2D eigenvalue weighted by atomic mass is 127. The molecule has 1 atom stereocenters. The average Bonchev–Trinajstić information content (AvgIpc) is 1.65. The molecule has 0 aliphatic carbocycles. The van der Waals surface area contributed by atoms with Crippen LogP contribution in [0.4, 0.5) is 0 Å². The maximum atomic E-state index is 4.89. The molecule has 0 heterocycles. The normalized spacial score (nSPS) is 14.5. The lowest BCUT2D eigenvalue weighted by Crippen LogP contribution is -1.95. The van der Waals surface area contributed by atoms with E-state index in [0.717, 1.165) is 6.42 Å². The Kier molecular flexibility index (Phi) is 4.31. The van der Waals surface area contributed by atoms with E-state index in [1.165, 1.54) is 0 Å². The van der Waals surface area contributed by atoms with Gasteiger partial charge in [0, 0.05) is 7.11 Å². The highest BCUT2D eigenvalue weighted by molar-refractivity contribution is 14.1. The van der Waals surface area contributed by atoms with Gasteiger partial charge in [0.25, 0.3) is 0 Å². The zero-order chi connectivity index (χ0) is 4.99. The molecule has 0 N–H and O–H groups in total. The van der Waals surface area contributed by atoms with Gasteiger partial charge in [-0.3, -0.25) is 0 Å². The van der Waals surface area contributed by atoms with Gasteiger partial charge in [-0.15, -0.1) is 0 Å². The number of hydrogen-bond donors (Lipinski definition) is 0. The van der Waals surface area contributed by atoms with Gasteiger partial charge in [-0.2, -0.15) is 0 Å². The molecule has 0 bridgehead atoms. The molecule has 0 aromatic rings. The quantitative estimate of drug-likeness (QED) is 0.487. The molecule has 0 amide bonds. The van der Waals surface area contributed by atoms with Gasteiger partial charge < -0.3 is 4.74 Å². The summed E-state index contributed by atoms with van der Waals surface area (Å²) < 4.78 is 5.29. The molecule has 0 aliphatic rings. The Morgan fingerprint density at radius 2 is 2.33 bits per heavy atom. The Balaban J connectivity index is 2.75. The van der Waals surface area contributed by atoms with Crippen molar-refractivity contribution in [1.29, 1.82) is 0 Å². The van der Waals surface area contributed by atoms with Crippen LogP contribution in [0.3, 0.4) is 0 Å². The molecule has 0 aliphatic heterocycles. The Morgan fingerprint density at radius 3 is 2.33 bits per heavy atom. The summed E-state index contributed by atoms with van der Waals surface area (Å²) >= 11 is 2.25. The van der Waals surface area contributed by atoms with Crippen molar-refractivity contribution in [2.75, 3.05) is 7.11 Å². The van der Waals surface area contributed by atoms with Gasteiger partial charge in [-0.25, -0.2) is 0 Å². The highest BCUT2D eigenvalue weighted by Gasteiger charge is 1.90. The lowest BCUT2D eigenvalue weighted by molar-refractivity contribution is 0.183. The van der Waals surface area contributed by atoms with Crippen molar-refractivity contribution in [2.24, 2.45) is 0 Å². The van der Waals surface area contributed by atoms with Crippen LogP contribution < -0.4 is 0 Å². The van der Waals surface area contributed by atoms with E-state index in [4.69, 9.17) is 4.74 Å². The summed E-state index contributed by atoms with van der Waals surface area (Å²) in [5.41, 5.74) is 0. The first kappa shape index (κ1) is 6.69. The summed E-state index contributed by atoms with van der Waals surface area (Å²) in [6.45, 7) is 2.10. The van der Waals surface area contributed by atoms with E-state index in [9.17, 15) is 0 Å². The maximum absolute atomic E-state index is 4.89. The molecule has 0 spiro atoms. The summed E-state index contributed by atoms with van der Waals surface area (Å²) in [5.74, 6) is 0. The summed E-state index contributed by atoms with van der Waals surface area (Å²) in [6, 6.07) is 0. The lowest BCUT2D eigenvalue weighted by Gasteiger charge is -1.99. The van der Waals surface area contributed by atoms with Crippen LogP contribution in [0, 0.1) is 0 Å². The van der Waals surface area contributed by atoms with Crippen LogP contribution in [-0.4, -0.2) is 11.2 Å². The molecule has 0 saturated heterocycles. The van der Waals surface area contributed by atoms with Crippen LogP contribution in [0.15, 0.2) is 0 Å². The minimum absolute atomic E-state index is 0.405. The second-order valence-corrected chi connectivity index (χ2v) is 2.44. The molecule has 0 saturated carbocycles. The zero-order valence-corrected chi connectivity index (χ0v) is 6.23. The summed E-state index contributed by atoms with van der Waals surface area (Å²) in [6.07, 6.45) is 1.09. The van der Waals surface area contributed by atoms with Crippen LogP contribution in [0.5, 0.6) is 0 Å². The van der Waals surface area contributed by atoms with Gasteiger partial charge in [0.1, 0.15) is 4.11 Å². The molecular weight excluding hydrogens is 191 g/mol. The molecule has 0 unspecified atom stereocenters. The van der Waals surface area contributed by atoms with Gasteiger partial charge in [-0.1, -0.05) is 29.5 Å². The summed E-state index contributed by atoms with van der Waals surface area (Å²) in [7, 11) is 1.72. The van der Waals surface area contributed by atoms with E-state index in [-0.39, 0.29) is 0 Å². The van der Waals surface area contributed by atoms with Crippen molar-refractivity contribution < 1.29 is 4.74 Å². The van der Waals surface area contributed by atoms with Crippen molar-refractivity contribution in [3.05, 3.63) is 0 Å². The molecule has 0 aromatic carbocycles. The smallest absolute Gasteiger partial charge is 0.108 e. The summed E-state index contributed by atoms with van der Waals surface area (Å²) in [5, 5.41) is 0. The molecule has 1 nitrogen and oxygen atoms in total. The van der Waals surface area contributed by atoms with E-state index in [0.29, 0.717) is 4.11 Å². The Hall–Kier alpha value is 0.690. The van der Waals surface area contributed by atoms with Crippen LogP contribution in [0.25, 0.3) is 0 Å². The number of methoxy groups -OCH3 is 1. The monoisotopic (exact) mass is 200 g/mol. The Bertz CT molecular complexity index is 26.7. The van der Waals surface area contributed by atoms with Crippen molar-refractivity contribution in [1.82, 2.24) is 0 Å². The van der Waals surface area contributed by atoms with Gasteiger partial charge in [0.05, 0.1) is 0 Å². The van der Waals surface area contributed by atoms with Gasteiger partial charge in [0.15, 0.2) is 0 Å². The zero-order valence-electron chi connectivity index (χ0n) is 4.07. The van der Waals surface area contributed by atoms with Crippen LogP contribution >= 0.6 is 22.6 Å². The van der Waals surface area contributed by atoms with Crippen molar-refractivity contribution >= 4 is 22.6 Å². The molecule has 0 aromatic heterocycles. The second kappa shape index (κ2) is 3.87. The van der Waals surface area contributed by atoms with Gasteiger partial charge >= 0.3 is 0 Å². The third kappa shape index (κ3) is 2.90. The SMILES string of the molecule is CC[C@@H](I)OC. The highest BCUT2D eigenvalue weighted by Crippen LogP contribution is 2.03. The predicted molar refractivity (Wildman–Crippen MR) is 35.1 cm³/mol. The van der Waals surface area contributed by atoms with Crippen LogP contribution in [0.1, 0.15) is 13.3 Å². The van der Waals surface area contributed by atoms with E-state index >= 15 is 0 Å². The van der Waals surface area contributed by atoms with Crippen molar-refractivity contribution in [3.63, 3.8) is 0 Å². The first-order valence-electron chi connectivity index (χ1n) is 1.98. The fourth-order valence-electron chi connectivity index (χ4n) is 0.167. The Morgan fingerprint density at radius 1 is 1.83 bits per heavy atom. The van der Waals surface area contributed by atoms with Crippen LogP contribution in [0.2, 0.25) is 0 Å². The largest absolute Gasteiger partial charge is 0.371 e. The number of hydrogen-bond acceptors (Lipinski definition) is 1. The minimum atomic E-state index is 0.405. The van der Waals surface area contributed by atoms with Gasteiger partial charge in [-0.05, 0) is 6.42 Å². The molecule has 0 fully saturated rings. The summed E-state index contributed by atoms with van der Waals surface area (Å²) in [4.78, 5) is 0. The number of rotatable bonds is 2. The van der Waals surface area contributed by atoms with E-state index in [1.807, 2.05) is 0 Å².